The molecule has 1 N–H and O–H groups in total. The van der Waals surface area contributed by atoms with Crippen LogP contribution in [-0.2, 0) is 7.05 Å². The van der Waals surface area contributed by atoms with Crippen LogP contribution in [0.3, 0.4) is 0 Å². The highest BCUT2D eigenvalue weighted by atomic mass is 35.5. The molecule has 1 aromatic carbocycles. The number of aromatic nitrogens is 4. The summed E-state index contributed by atoms with van der Waals surface area (Å²) < 4.78 is 7.07. The maximum atomic E-state index is 6.01. The molecule has 0 unspecified atom stereocenters. The number of hydrogen-bond donors (Lipinski definition) is 1. The van der Waals surface area contributed by atoms with E-state index in [1.54, 1.807) is 18.0 Å². The van der Waals surface area contributed by atoms with Gasteiger partial charge >= 0.3 is 0 Å². The fraction of sp³-hybridized carbons (Fsp3) is 0.214. The Labute approximate surface area is 126 Å². The largest absolute Gasteiger partial charge is 0.496 e. The Bertz CT molecular complexity index is 814. The van der Waals surface area contributed by atoms with Gasteiger partial charge in [-0.25, -0.2) is 4.98 Å². The molecule has 0 saturated heterocycles. The second kappa shape index (κ2) is 5.21. The van der Waals surface area contributed by atoms with Crippen LogP contribution >= 0.6 is 11.6 Å². The lowest BCUT2D eigenvalue weighted by molar-refractivity contribution is 0.412. The number of ether oxygens (including phenoxy) is 1. The van der Waals surface area contributed by atoms with Crippen molar-refractivity contribution in [1.82, 2.24) is 19.7 Å². The highest BCUT2D eigenvalue weighted by Gasteiger charge is 2.13. The van der Waals surface area contributed by atoms with Gasteiger partial charge in [0.2, 0.25) is 5.28 Å². The molecule has 0 fully saturated rings. The summed E-state index contributed by atoms with van der Waals surface area (Å²) in [5.74, 6) is 1.41. The summed E-state index contributed by atoms with van der Waals surface area (Å²) in [5.41, 5.74) is 2.55. The molecule has 0 bridgehead atoms. The van der Waals surface area contributed by atoms with Gasteiger partial charge in [-0.1, -0.05) is 0 Å². The Morgan fingerprint density at radius 2 is 2.10 bits per heavy atom. The van der Waals surface area contributed by atoms with Crippen LogP contribution in [0.5, 0.6) is 5.75 Å². The van der Waals surface area contributed by atoms with Crippen molar-refractivity contribution >= 4 is 34.0 Å². The lowest BCUT2D eigenvalue weighted by Gasteiger charge is -2.12. The summed E-state index contributed by atoms with van der Waals surface area (Å²) in [6, 6.07) is 3.73. The van der Waals surface area contributed by atoms with Gasteiger partial charge in [-0.15, -0.1) is 0 Å². The molecule has 0 aliphatic rings. The third-order valence-electron chi connectivity index (χ3n) is 3.23. The topological polar surface area (TPSA) is 64.9 Å². The minimum absolute atomic E-state index is 0.193. The van der Waals surface area contributed by atoms with Gasteiger partial charge in [0.15, 0.2) is 0 Å². The highest BCUT2D eigenvalue weighted by molar-refractivity contribution is 6.29. The molecule has 0 saturated carbocycles. The second-order valence-electron chi connectivity index (χ2n) is 4.66. The molecule has 108 valence electrons. The smallest absolute Gasteiger partial charge is 0.224 e. The summed E-state index contributed by atoms with van der Waals surface area (Å²) in [6.45, 7) is 1.97. The fourth-order valence-electron chi connectivity index (χ4n) is 2.28. The standard InChI is InChI=1S/C14H14ClN5O/c1-8-11(21-3)5-4-10-12(8)13(19-14(15)18-10)17-9-6-16-20(2)7-9/h4-7H,1-3H3,(H,17,18,19). The van der Waals surface area contributed by atoms with Crippen LogP contribution < -0.4 is 10.1 Å². The fourth-order valence-corrected chi connectivity index (χ4v) is 2.45. The minimum Gasteiger partial charge on any atom is -0.496 e. The zero-order valence-corrected chi connectivity index (χ0v) is 12.6. The number of halogens is 1. The maximum absolute atomic E-state index is 6.01. The van der Waals surface area contributed by atoms with Crippen molar-refractivity contribution in [1.29, 1.82) is 0 Å². The molecule has 2 aromatic heterocycles. The molecular formula is C14H14ClN5O. The van der Waals surface area contributed by atoms with Crippen LogP contribution in [0.15, 0.2) is 24.5 Å². The summed E-state index contributed by atoms with van der Waals surface area (Å²) >= 11 is 6.01. The average molecular weight is 304 g/mol. The van der Waals surface area contributed by atoms with E-state index in [1.165, 1.54) is 0 Å². The predicted octanol–water partition coefficient (Wildman–Crippen LogP) is 3.08. The number of nitrogens with zero attached hydrogens (tertiary/aromatic N) is 4. The number of hydrogen-bond acceptors (Lipinski definition) is 5. The number of methoxy groups -OCH3 is 1. The van der Waals surface area contributed by atoms with E-state index >= 15 is 0 Å². The monoisotopic (exact) mass is 303 g/mol. The Hall–Kier alpha value is -2.34. The first-order chi connectivity index (χ1) is 10.1. The normalized spacial score (nSPS) is 10.9. The molecule has 0 aliphatic heterocycles. The number of rotatable bonds is 3. The van der Waals surface area contributed by atoms with Gasteiger partial charge in [0.1, 0.15) is 11.6 Å². The molecule has 21 heavy (non-hydrogen) atoms. The molecular weight excluding hydrogens is 290 g/mol. The van der Waals surface area contributed by atoms with E-state index in [0.717, 1.165) is 27.9 Å². The number of aryl methyl sites for hydroxylation is 2. The Balaban J connectivity index is 2.19. The van der Waals surface area contributed by atoms with Crippen LogP contribution in [0.2, 0.25) is 5.28 Å². The first kappa shape index (κ1) is 13.6. The van der Waals surface area contributed by atoms with Crippen molar-refractivity contribution in [3.63, 3.8) is 0 Å². The van der Waals surface area contributed by atoms with Gasteiger partial charge in [0, 0.05) is 24.2 Å². The van der Waals surface area contributed by atoms with Crippen LogP contribution in [0.1, 0.15) is 5.56 Å². The van der Waals surface area contributed by atoms with Crippen molar-refractivity contribution in [2.75, 3.05) is 12.4 Å². The number of benzene rings is 1. The molecule has 0 aliphatic carbocycles. The molecule has 0 spiro atoms. The molecule has 6 nitrogen and oxygen atoms in total. The van der Waals surface area contributed by atoms with E-state index < -0.39 is 0 Å². The summed E-state index contributed by atoms with van der Waals surface area (Å²) in [6.07, 6.45) is 3.58. The lowest BCUT2D eigenvalue weighted by Crippen LogP contribution is -1.99. The lowest BCUT2D eigenvalue weighted by atomic mass is 10.1. The molecule has 3 rings (SSSR count). The molecule has 7 heteroatoms. The first-order valence-corrected chi connectivity index (χ1v) is 6.73. The summed E-state index contributed by atoms with van der Waals surface area (Å²) in [7, 11) is 3.49. The van der Waals surface area contributed by atoms with E-state index in [0.29, 0.717) is 5.82 Å². The van der Waals surface area contributed by atoms with Gasteiger partial charge in [-0.2, -0.15) is 10.1 Å². The minimum atomic E-state index is 0.193. The first-order valence-electron chi connectivity index (χ1n) is 6.35. The Kier molecular flexibility index (Phi) is 3.39. The quantitative estimate of drug-likeness (QED) is 0.753. The third-order valence-corrected chi connectivity index (χ3v) is 3.40. The summed E-state index contributed by atoms with van der Waals surface area (Å²) in [4.78, 5) is 8.55. The van der Waals surface area contributed by atoms with Crippen LogP contribution in [0.4, 0.5) is 11.5 Å². The van der Waals surface area contributed by atoms with Gasteiger partial charge < -0.3 is 10.1 Å². The molecule has 2 heterocycles. The maximum Gasteiger partial charge on any atom is 0.224 e. The summed E-state index contributed by atoms with van der Waals surface area (Å²) in [5, 5.41) is 8.42. The van der Waals surface area contributed by atoms with Gasteiger partial charge in [0.25, 0.3) is 0 Å². The van der Waals surface area contributed by atoms with E-state index in [2.05, 4.69) is 20.4 Å². The van der Waals surface area contributed by atoms with Crippen molar-refractivity contribution < 1.29 is 4.74 Å². The average Bonchev–Trinajstić information content (AvgIpc) is 2.84. The molecule has 3 aromatic rings. The molecule has 0 radical (unpaired) electrons. The van der Waals surface area contributed by atoms with E-state index in [-0.39, 0.29) is 5.28 Å². The van der Waals surface area contributed by atoms with Crippen LogP contribution in [0, 0.1) is 6.92 Å². The predicted molar refractivity (Wildman–Crippen MR) is 82.3 cm³/mol. The van der Waals surface area contributed by atoms with Crippen LogP contribution in [-0.4, -0.2) is 26.9 Å². The molecule has 0 atom stereocenters. The van der Waals surface area contributed by atoms with Crippen molar-refractivity contribution in [3.8, 4) is 5.75 Å². The van der Waals surface area contributed by atoms with Crippen molar-refractivity contribution in [3.05, 3.63) is 35.4 Å². The van der Waals surface area contributed by atoms with E-state index in [4.69, 9.17) is 16.3 Å². The second-order valence-corrected chi connectivity index (χ2v) is 4.99. The number of fused-ring (bicyclic) bond motifs is 1. The van der Waals surface area contributed by atoms with Gasteiger partial charge in [-0.3, -0.25) is 4.68 Å². The number of anilines is 2. The van der Waals surface area contributed by atoms with E-state index in [1.807, 2.05) is 32.3 Å². The zero-order valence-electron chi connectivity index (χ0n) is 11.9. The number of nitrogens with one attached hydrogen (secondary N) is 1. The zero-order chi connectivity index (χ0) is 15.0. The molecule has 0 amide bonds. The Morgan fingerprint density at radius 1 is 1.29 bits per heavy atom. The van der Waals surface area contributed by atoms with Crippen molar-refractivity contribution in [2.45, 2.75) is 6.92 Å². The SMILES string of the molecule is COc1ccc2nc(Cl)nc(Nc3cnn(C)c3)c2c1C. The van der Waals surface area contributed by atoms with Crippen LogP contribution in [0.25, 0.3) is 10.9 Å². The Morgan fingerprint density at radius 3 is 2.76 bits per heavy atom. The van der Waals surface area contributed by atoms with Gasteiger partial charge in [-0.05, 0) is 30.7 Å². The highest BCUT2D eigenvalue weighted by Crippen LogP contribution is 2.32. The van der Waals surface area contributed by atoms with E-state index in [9.17, 15) is 0 Å². The third kappa shape index (κ3) is 2.50. The van der Waals surface area contributed by atoms with Crippen molar-refractivity contribution in [2.24, 2.45) is 7.05 Å². The van der Waals surface area contributed by atoms with Gasteiger partial charge in [0.05, 0.1) is 24.5 Å².